The highest BCUT2D eigenvalue weighted by atomic mass is 16.5. The molecule has 0 rings (SSSR count). The van der Waals surface area contributed by atoms with E-state index in [9.17, 15) is 4.79 Å². The van der Waals surface area contributed by atoms with Crippen molar-refractivity contribution in [2.24, 2.45) is 5.92 Å². The fourth-order valence-corrected chi connectivity index (χ4v) is 0.996. The van der Waals surface area contributed by atoms with E-state index >= 15 is 0 Å². The number of hydrogen-bond donors (Lipinski definition) is 1. The molecule has 0 aromatic rings. The van der Waals surface area contributed by atoms with Crippen LogP contribution in [0, 0.1) is 5.92 Å². The number of hydrogen-bond acceptors (Lipinski definition) is 3. The Balaban J connectivity index is 3.45. The molecule has 0 radical (unpaired) electrons. The van der Waals surface area contributed by atoms with Gasteiger partial charge in [-0.1, -0.05) is 6.92 Å². The lowest BCUT2D eigenvalue weighted by atomic mass is 10.0. The molecule has 1 N–H and O–H groups in total. The molecule has 0 unspecified atom stereocenters. The Morgan fingerprint density at radius 2 is 2.00 bits per heavy atom. The third kappa shape index (κ3) is 6.16. The molecule has 0 aliphatic heterocycles. The van der Waals surface area contributed by atoms with Crippen molar-refractivity contribution in [3.8, 4) is 0 Å². The summed E-state index contributed by atoms with van der Waals surface area (Å²) in [5.74, 6) is 0.125. The van der Waals surface area contributed by atoms with Crippen LogP contribution in [0.5, 0.6) is 0 Å². The van der Waals surface area contributed by atoms with E-state index in [0.29, 0.717) is 12.3 Å². The predicted molar refractivity (Wildman–Crippen MR) is 46.7 cm³/mol. The van der Waals surface area contributed by atoms with E-state index in [-0.39, 0.29) is 12.1 Å². The molecule has 0 amide bonds. The second kappa shape index (κ2) is 6.00. The topological polar surface area (TPSA) is 46.5 Å². The number of rotatable bonds is 5. The minimum Gasteiger partial charge on any atom is -0.469 e. The number of aliphatic hydroxyl groups excluding tert-OH is 1. The highest BCUT2D eigenvalue weighted by Gasteiger charge is 2.09. The predicted octanol–water partition coefficient (Wildman–Crippen LogP) is 1.35. The van der Waals surface area contributed by atoms with Gasteiger partial charge < -0.3 is 9.84 Å². The molecule has 0 fully saturated rings. The van der Waals surface area contributed by atoms with Gasteiger partial charge in [-0.3, -0.25) is 4.79 Å². The van der Waals surface area contributed by atoms with Gasteiger partial charge in [0.25, 0.3) is 0 Å². The summed E-state index contributed by atoms with van der Waals surface area (Å²) in [6, 6.07) is 0. The van der Waals surface area contributed by atoms with Crippen molar-refractivity contribution < 1.29 is 14.6 Å². The molecule has 12 heavy (non-hydrogen) atoms. The zero-order valence-electron chi connectivity index (χ0n) is 8.04. The van der Waals surface area contributed by atoms with Gasteiger partial charge in [0.15, 0.2) is 0 Å². The Kier molecular flexibility index (Phi) is 5.72. The summed E-state index contributed by atoms with van der Waals surface area (Å²) in [4.78, 5) is 10.8. The highest BCUT2D eigenvalue weighted by molar-refractivity contribution is 5.69. The minimum absolute atomic E-state index is 0.173. The normalized spacial score (nSPS) is 15.3. The minimum atomic E-state index is -0.273. The molecule has 3 heteroatoms. The van der Waals surface area contributed by atoms with E-state index in [4.69, 9.17) is 5.11 Å². The van der Waals surface area contributed by atoms with Gasteiger partial charge >= 0.3 is 5.97 Å². The first kappa shape index (κ1) is 11.4. The zero-order chi connectivity index (χ0) is 9.56. The quantitative estimate of drug-likeness (QED) is 0.640. The monoisotopic (exact) mass is 174 g/mol. The number of esters is 1. The van der Waals surface area contributed by atoms with Crippen LogP contribution in [0.1, 0.15) is 33.1 Å². The van der Waals surface area contributed by atoms with Gasteiger partial charge in [-0.2, -0.15) is 0 Å². The van der Waals surface area contributed by atoms with Crippen LogP contribution in [0.15, 0.2) is 0 Å². The van der Waals surface area contributed by atoms with Crippen LogP contribution in [0.25, 0.3) is 0 Å². The first-order chi connectivity index (χ1) is 5.56. The molecular weight excluding hydrogens is 156 g/mol. The largest absolute Gasteiger partial charge is 0.469 e. The summed E-state index contributed by atoms with van der Waals surface area (Å²) in [5, 5.41) is 8.98. The molecule has 0 spiro atoms. The lowest BCUT2D eigenvalue weighted by Crippen LogP contribution is -2.09. The Labute approximate surface area is 73.7 Å². The van der Waals surface area contributed by atoms with E-state index in [1.807, 2.05) is 6.92 Å². The molecule has 72 valence electrons. The summed E-state index contributed by atoms with van der Waals surface area (Å²) in [6.45, 7) is 3.74. The van der Waals surface area contributed by atoms with Crippen molar-refractivity contribution in [3.05, 3.63) is 0 Å². The number of carbonyl (C=O) groups is 1. The highest BCUT2D eigenvalue weighted by Crippen LogP contribution is 2.12. The third-order valence-corrected chi connectivity index (χ3v) is 1.82. The summed E-state index contributed by atoms with van der Waals surface area (Å²) in [6.07, 6.45) is 1.79. The number of ether oxygens (including phenoxy) is 1. The molecule has 0 aromatic carbocycles. The molecule has 2 atom stereocenters. The van der Waals surface area contributed by atoms with E-state index in [0.717, 1.165) is 12.8 Å². The van der Waals surface area contributed by atoms with Crippen LogP contribution < -0.4 is 0 Å². The Morgan fingerprint density at radius 3 is 2.42 bits per heavy atom. The third-order valence-electron chi connectivity index (χ3n) is 1.82. The van der Waals surface area contributed by atoms with Gasteiger partial charge in [-0.25, -0.2) is 0 Å². The van der Waals surface area contributed by atoms with Crippen molar-refractivity contribution in [1.82, 2.24) is 0 Å². The molecule has 0 aliphatic rings. The molecule has 0 bridgehead atoms. The van der Waals surface area contributed by atoms with Gasteiger partial charge in [0.1, 0.15) is 0 Å². The summed E-state index contributed by atoms with van der Waals surface area (Å²) in [5.41, 5.74) is 0. The molecule has 3 nitrogen and oxygen atoms in total. The van der Waals surface area contributed by atoms with Gasteiger partial charge in [-0.15, -0.1) is 0 Å². The Hall–Kier alpha value is -0.570. The van der Waals surface area contributed by atoms with Crippen LogP contribution in [0.4, 0.5) is 0 Å². The summed E-state index contributed by atoms with van der Waals surface area (Å²) in [7, 11) is 1.39. The second-order valence-corrected chi connectivity index (χ2v) is 3.31. The fourth-order valence-electron chi connectivity index (χ4n) is 0.996. The van der Waals surface area contributed by atoms with Crippen molar-refractivity contribution in [2.75, 3.05) is 7.11 Å². The van der Waals surface area contributed by atoms with Crippen molar-refractivity contribution in [2.45, 2.75) is 39.2 Å². The average molecular weight is 174 g/mol. The van der Waals surface area contributed by atoms with E-state index in [1.54, 1.807) is 6.92 Å². The lowest BCUT2D eigenvalue weighted by Gasteiger charge is -2.10. The first-order valence-electron chi connectivity index (χ1n) is 4.31. The van der Waals surface area contributed by atoms with Gasteiger partial charge in [-0.05, 0) is 25.7 Å². The van der Waals surface area contributed by atoms with E-state index < -0.39 is 0 Å². The smallest absolute Gasteiger partial charge is 0.305 e. The maximum absolute atomic E-state index is 10.8. The molecule has 0 heterocycles. The van der Waals surface area contributed by atoms with Crippen LogP contribution in [-0.4, -0.2) is 24.3 Å². The van der Waals surface area contributed by atoms with E-state index in [2.05, 4.69) is 4.74 Å². The molecule has 0 aliphatic carbocycles. The summed E-state index contributed by atoms with van der Waals surface area (Å²) < 4.78 is 4.53. The van der Waals surface area contributed by atoms with Gasteiger partial charge in [0.05, 0.1) is 13.2 Å². The number of carbonyl (C=O) groups excluding carboxylic acids is 1. The van der Waals surface area contributed by atoms with Crippen LogP contribution >= 0.6 is 0 Å². The average Bonchev–Trinajstić information content (AvgIpc) is 2.00. The van der Waals surface area contributed by atoms with Crippen LogP contribution in [0.3, 0.4) is 0 Å². The number of methoxy groups -OCH3 is 1. The molecule has 0 saturated heterocycles. The maximum atomic E-state index is 10.8. The van der Waals surface area contributed by atoms with Crippen LogP contribution in [-0.2, 0) is 9.53 Å². The lowest BCUT2D eigenvalue weighted by molar-refractivity contribution is -0.141. The van der Waals surface area contributed by atoms with Crippen molar-refractivity contribution in [1.29, 1.82) is 0 Å². The maximum Gasteiger partial charge on any atom is 0.305 e. The second-order valence-electron chi connectivity index (χ2n) is 3.31. The Bertz CT molecular complexity index is 132. The van der Waals surface area contributed by atoms with Gasteiger partial charge in [0, 0.05) is 6.42 Å². The van der Waals surface area contributed by atoms with Crippen LogP contribution in [0.2, 0.25) is 0 Å². The molecule has 0 aromatic heterocycles. The molecule has 0 saturated carbocycles. The zero-order valence-corrected chi connectivity index (χ0v) is 8.04. The van der Waals surface area contributed by atoms with E-state index in [1.165, 1.54) is 7.11 Å². The van der Waals surface area contributed by atoms with Crippen molar-refractivity contribution in [3.63, 3.8) is 0 Å². The SMILES string of the molecule is COC(=O)C[C@H](C)CC[C@@H](C)O. The fraction of sp³-hybridized carbons (Fsp3) is 0.889. The van der Waals surface area contributed by atoms with Gasteiger partial charge in [0.2, 0.25) is 0 Å². The standard InChI is InChI=1S/C9H18O3/c1-7(4-5-8(2)10)6-9(11)12-3/h7-8,10H,4-6H2,1-3H3/t7-,8-/m1/s1. The van der Waals surface area contributed by atoms with Crippen molar-refractivity contribution >= 4 is 5.97 Å². The Morgan fingerprint density at radius 1 is 1.42 bits per heavy atom. The first-order valence-corrected chi connectivity index (χ1v) is 4.31. The molecular formula is C9H18O3. The summed E-state index contributed by atoms with van der Waals surface area (Å²) >= 11 is 0. The number of aliphatic hydroxyl groups is 1.